The molecule has 154 valence electrons. The van der Waals surface area contributed by atoms with Crippen LogP contribution in [0.15, 0.2) is 51.9 Å². The van der Waals surface area contributed by atoms with E-state index in [0.717, 1.165) is 65.0 Å². The Labute approximate surface area is 183 Å². The molecule has 8 heteroatoms. The minimum absolute atomic E-state index is 0.219. The highest BCUT2D eigenvalue weighted by molar-refractivity contribution is 9.10. The Kier molecular flexibility index (Phi) is 4.91. The maximum atomic E-state index is 14.4. The number of anilines is 1. The molecule has 0 bridgehead atoms. The number of aromatic nitrogens is 3. The van der Waals surface area contributed by atoms with E-state index >= 15 is 0 Å². The van der Waals surface area contributed by atoms with Gasteiger partial charge in [0.25, 0.3) is 0 Å². The molecule has 0 N–H and O–H groups in total. The van der Waals surface area contributed by atoms with Gasteiger partial charge in [-0.3, -0.25) is 9.56 Å². The molecule has 6 nitrogen and oxygen atoms in total. The summed E-state index contributed by atoms with van der Waals surface area (Å²) in [6, 6.07) is 12.7. The van der Waals surface area contributed by atoms with Crippen LogP contribution in [-0.2, 0) is 0 Å². The number of halogens is 2. The Balaban J connectivity index is 1.70. The number of hydrogen-bond donors (Lipinski definition) is 0. The van der Waals surface area contributed by atoms with Crippen LogP contribution in [0.2, 0.25) is 0 Å². The van der Waals surface area contributed by atoms with Crippen molar-refractivity contribution < 1.29 is 4.39 Å². The molecule has 3 aromatic rings. The zero-order valence-electron chi connectivity index (χ0n) is 16.9. The molecule has 1 saturated heterocycles. The summed E-state index contributed by atoms with van der Waals surface area (Å²) < 4.78 is 17.4. The first-order valence-electron chi connectivity index (χ1n) is 10.0. The van der Waals surface area contributed by atoms with Gasteiger partial charge < -0.3 is 9.80 Å². The number of likely N-dealkylation sites (N-methyl/N-ethyl adjacent to an activating group) is 1. The predicted octanol–water partition coefficient (Wildman–Crippen LogP) is 3.83. The second kappa shape index (κ2) is 7.59. The normalized spacial score (nSPS) is 19.1. The first kappa shape index (κ1) is 19.4. The fraction of sp³-hybridized carbons (Fsp3) is 0.318. The number of benzene rings is 2. The fourth-order valence-corrected chi connectivity index (χ4v) is 4.48. The summed E-state index contributed by atoms with van der Waals surface area (Å²) in [5.74, 6) is 1.18. The molecule has 3 heterocycles. The van der Waals surface area contributed by atoms with Crippen molar-refractivity contribution in [2.45, 2.75) is 13.0 Å². The molecule has 1 fully saturated rings. The second-order valence-corrected chi connectivity index (χ2v) is 8.73. The first-order chi connectivity index (χ1) is 14.5. The van der Waals surface area contributed by atoms with Crippen molar-refractivity contribution in [1.82, 2.24) is 19.7 Å². The number of piperazine rings is 1. The smallest absolute Gasteiger partial charge is 0.232 e. The van der Waals surface area contributed by atoms with Crippen LogP contribution in [0, 0.1) is 5.82 Å². The van der Waals surface area contributed by atoms with E-state index in [2.05, 4.69) is 43.0 Å². The van der Waals surface area contributed by atoms with Crippen molar-refractivity contribution in [3.8, 4) is 5.69 Å². The minimum Gasteiger partial charge on any atom is -0.338 e. The maximum Gasteiger partial charge on any atom is 0.232 e. The first-order valence-corrected chi connectivity index (χ1v) is 10.8. The molecule has 0 aliphatic carbocycles. The van der Waals surface area contributed by atoms with Crippen LogP contribution in [0.5, 0.6) is 0 Å². The third kappa shape index (κ3) is 3.33. The third-order valence-electron chi connectivity index (χ3n) is 5.71. The number of hydrogen-bond acceptors (Lipinski definition) is 5. The Bertz CT molecular complexity index is 1130. The Morgan fingerprint density at radius 3 is 2.60 bits per heavy atom. The largest absolute Gasteiger partial charge is 0.338 e. The average molecular weight is 469 g/mol. The van der Waals surface area contributed by atoms with Gasteiger partial charge in [-0.15, -0.1) is 10.2 Å². The van der Waals surface area contributed by atoms with Crippen molar-refractivity contribution in [1.29, 1.82) is 0 Å². The van der Waals surface area contributed by atoms with Gasteiger partial charge in [0.2, 0.25) is 5.95 Å². The number of aliphatic imine (C=N–C) groups is 1. The predicted molar refractivity (Wildman–Crippen MR) is 119 cm³/mol. The van der Waals surface area contributed by atoms with Gasteiger partial charge in [0.1, 0.15) is 11.9 Å². The van der Waals surface area contributed by atoms with Crippen LogP contribution in [0.1, 0.15) is 29.9 Å². The molecule has 0 saturated carbocycles. The van der Waals surface area contributed by atoms with Crippen LogP contribution in [0.3, 0.4) is 0 Å². The minimum atomic E-state index is -0.291. The lowest BCUT2D eigenvalue weighted by Crippen LogP contribution is -2.45. The van der Waals surface area contributed by atoms with E-state index in [0.29, 0.717) is 0 Å². The molecule has 2 aliphatic heterocycles. The van der Waals surface area contributed by atoms with Crippen molar-refractivity contribution in [2.24, 2.45) is 4.99 Å². The zero-order chi connectivity index (χ0) is 20.8. The summed E-state index contributed by atoms with van der Waals surface area (Å²) in [5, 5.41) is 8.99. The highest BCUT2D eigenvalue weighted by Crippen LogP contribution is 2.34. The van der Waals surface area contributed by atoms with Crippen molar-refractivity contribution in [3.63, 3.8) is 0 Å². The monoisotopic (exact) mass is 468 g/mol. The van der Waals surface area contributed by atoms with Gasteiger partial charge in [0.15, 0.2) is 5.82 Å². The summed E-state index contributed by atoms with van der Waals surface area (Å²) >= 11 is 3.55. The van der Waals surface area contributed by atoms with E-state index in [9.17, 15) is 4.39 Å². The highest BCUT2D eigenvalue weighted by Gasteiger charge is 2.30. The fourth-order valence-electron chi connectivity index (χ4n) is 4.08. The number of nitrogens with zero attached hydrogens (tertiary/aromatic N) is 6. The van der Waals surface area contributed by atoms with Crippen LogP contribution < -0.4 is 4.90 Å². The molecule has 1 unspecified atom stereocenters. The zero-order valence-corrected chi connectivity index (χ0v) is 18.5. The second-order valence-electron chi connectivity index (χ2n) is 7.81. The van der Waals surface area contributed by atoms with E-state index in [1.54, 1.807) is 12.1 Å². The van der Waals surface area contributed by atoms with Crippen molar-refractivity contribution >= 4 is 27.6 Å². The summed E-state index contributed by atoms with van der Waals surface area (Å²) in [5.41, 5.74) is 3.40. The van der Waals surface area contributed by atoms with Crippen molar-refractivity contribution in [2.75, 3.05) is 38.1 Å². The molecular formula is C22H22BrFN6. The van der Waals surface area contributed by atoms with Gasteiger partial charge in [-0.2, -0.15) is 0 Å². The molecule has 0 spiro atoms. The molecule has 0 radical (unpaired) electrons. The van der Waals surface area contributed by atoms with E-state index in [1.165, 1.54) is 6.07 Å². The maximum absolute atomic E-state index is 14.4. The lowest BCUT2D eigenvalue weighted by atomic mass is 10.0. The van der Waals surface area contributed by atoms with E-state index in [1.807, 2.05) is 35.8 Å². The van der Waals surface area contributed by atoms with Gasteiger partial charge in [-0.1, -0.05) is 28.1 Å². The van der Waals surface area contributed by atoms with Gasteiger partial charge in [0, 0.05) is 41.8 Å². The van der Waals surface area contributed by atoms with Gasteiger partial charge in [0.05, 0.1) is 11.4 Å². The van der Waals surface area contributed by atoms with Crippen LogP contribution in [0.4, 0.5) is 10.3 Å². The molecule has 1 aromatic heterocycles. The summed E-state index contributed by atoms with van der Waals surface area (Å²) in [6.45, 7) is 5.62. The summed E-state index contributed by atoms with van der Waals surface area (Å²) in [6.07, 6.45) is 0. The molecule has 0 amide bonds. The van der Waals surface area contributed by atoms with Gasteiger partial charge in [-0.05, 0) is 44.3 Å². The highest BCUT2D eigenvalue weighted by atomic mass is 79.9. The standard InChI is InChI=1S/C22H22BrFN6/c1-14-21-26-27-22(29-10-8-28(2)9-11-29)30(21)19-13-17(24)6-7-18(19)20(25-14)15-4-3-5-16(23)12-15/h3-7,12-14H,8-11H2,1-2H3. The average Bonchev–Trinajstić information content (AvgIpc) is 3.13. The van der Waals surface area contributed by atoms with Crippen LogP contribution >= 0.6 is 15.9 Å². The topological polar surface area (TPSA) is 49.6 Å². The lowest BCUT2D eigenvalue weighted by Gasteiger charge is -2.33. The van der Waals surface area contributed by atoms with Gasteiger partial charge in [-0.25, -0.2) is 4.39 Å². The van der Waals surface area contributed by atoms with E-state index in [4.69, 9.17) is 4.99 Å². The summed E-state index contributed by atoms with van der Waals surface area (Å²) in [4.78, 5) is 9.51. The summed E-state index contributed by atoms with van der Waals surface area (Å²) in [7, 11) is 2.12. The van der Waals surface area contributed by atoms with Crippen molar-refractivity contribution in [3.05, 3.63) is 69.7 Å². The molecular weight excluding hydrogens is 447 g/mol. The Morgan fingerprint density at radius 1 is 1.03 bits per heavy atom. The Morgan fingerprint density at radius 2 is 1.83 bits per heavy atom. The third-order valence-corrected chi connectivity index (χ3v) is 6.20. The SMILES string of the molecule is CC1N=C(c2cccc(Br)c2)c2ccc(F)cc2-n2c1nnc2N1CCN(C)CC1. The van der Waals surface area contributed by atoms with Crippen LogP contribution in [0.25, 0.3) is 5.69 Å². The molecule has 30 heavy (non-hydrogen) atoms. The van der Waals surface area contributed by atoms with E-state index in [-0.39, 0.29) is 11.9 Å². The number of fused-ring (bicyclic) bond motifs is 3. The number of rotatable bonds is 2. The molecule has 1 atom stereocenters. The van der Waals surface area contributed by atoms with Gasteiger partial charge >= 0.3 is 0 Å². The molecule has 5 rings (SSSR count). The van der Waals surface area contributed by atoms with Crippen LogP contribution in [-0.4, -0.2) is 58.6 Å². The Hall–Kier alpha value is -2.58. The molecule has 2 aliphatic rings. The lowest BCUT2D eigenvalue weighted by molar-refractivity contribution is 0.310. The molecule has 2 aromatic carbocycles. The quantitative estimate of drug-likeness (QED) is 0.573. The van der Waals surface area contributed by atoms with E-state index < -0.39 is 0 Å².